The SMILES string of the molecule is C[C@H](NC(=O)c1cc(C2CC2)c(OCC23CC4CCC2CC(C4)C3)cc1F)C(=O)O. The van der Waals surface area contributed by atoms with Crippen LogP contribution in [0.2, 0.25) is 0 Å². The van der Waals surface area contributed by atoms with Crippen LogP contribution in [0.15, 0.2) is 12.1 Å². The Kier molecular flexibility index (Phi) is 4.79. The first-order valence-corrected chi connectivity index (χ1v) is 11.3. The number of fused-ring (bicyclic) bond motifs is 2. The van der Waals surface area contributed by atoms with Gasteiger partial charge in [-0.25, -0.2) is 4.39 Å². The van der Waals surface area contributed by atoms with Crippen LogP contribution in [0.3, 0.4) is 0 Å². The first-order valence-electron chi connectivity index (χ1n) is 11.3. The molecule has 30 heavy (non-hydrogen) atoms. The number of carboxylic acids is 1. The van der Waals surface area contributed by atoms with Gasteiger partial charge in [-0.2, -0.15) is 0 Å². The van der Waals surface area contributed by atoms with Crippen LogP contribution in [-0.2, 0) is 4.79 Å². The molecule has 4 aliphatic rings. The van der Waals surface area contributed by atoms with E-state index >= 15 is 0 Å². The van der Waals surface area contributed by atoms with Gasteiger partial charge in [0.15, 0.2) is 0 Å². The van der Waals surface area contributed by atoms with E-state index in [1.54, 1.807) is 6.07 Å². The Morgan fingerprint density at radius 3 is 2.70 bits per heavy atom. The zero-order valence-corrected chi connectivity index (χ0v) is 17.5. The van der Waals surface area contributed by atoms with Crippen LogP contribution in [0.5, 0.6) is 5.75 Å². The highest BCUT2D eigenvalue weighted by molar-refractivity contribution is 5.97. The van der Waals surface area contributed by atoms with Gasteiger partial charge in [0, 0.05) is 11.5 Å². The van der Waals surface area contributed by atoms with Crippen LogP contribution in [0.1, 0.15) is 80.1 Å². The van der Waals surface area contributed by atoms with Crippen LogP contribution in [0, 0.1) is 29.0 Å². The average Bonchev–Trinajstić information content (AvgIpc) is 3.51. The Bertz CT molecular complexity index is 882. The maximum Gasteiger partial charge on any atom is 0.325 e. The predicted molar refractivity (Wildman–Crippen MR) is 109 cm³/mol. The summed E-state index contributed by atoms with van der Waals surface area (Å²) in [5.74, 6) is 0.752. The van der Waals surface area contributed by atoms with Gasteiger partial charge in [-0.1, -0.05) is 6.42 Å². The minimum atomic E-state index is -1.15. The summed E-state index contributed by atoms with van der Waals surface area (Å²) in [6.07, 6.45) is 9.84. The summed E-state index contributed by atoms with van der Waals surface area (Å²) >= 11 is 0. The van der Waals surface area contributed by atoms with Crippen LogP contribution in [0.4, 0.5) is 4.39 Å². The Labute approximate surface area is 176 Å². The number of hydrogen-bond donors (Lipinski definition) is 2. The number of hydrogen-bond acceptors (Lipinski definition) is 3. The van der Waals surface area contributed by atoms with E-state index in [1.165, 1.54) is 51.5 Å². The second-order valence-corrected chi connectivity index (χ2v) is 10.2. The minimum absolute atomic E-state index is 0.104. The maximum absolute atomic E-state index is 14.8. The van der Waals surface area contributed by atoms with E-state index in [9.17, 15) is 14.0 Å². The minimum Gasteiger partial charge on any atom is -0.493 e. The molecule has 1 aromatic carbocycles. The summed E-state index contributed by atoms with van der Waals surface area (Å²) in [6, 6.07) is 1.85. The lowest BCUT2D eigenvalue weighted by molar-refractivity contribution is -0.138. The van der Waals surface area contributed by atoms with Crippen molar-refractivity contribution in [2.24, 2.45) is 23.2 Å². The van der Waals surface area contributed by atoms with Crippen molar-refractivity contribution in [2.45, 2.75) is 70.3 Å². The number of aliphatic carboxylic acids is 1. The lowest BCUT2D eigenvalue weighted by Gasteiger charge is -2.45. The molecule has 162 valence electrons. The quantitative estimate of drug-likeness (QED) is 0.687. The summed E-state index contributed by atoms with van der Waals surface area (Å²) in [5.41, 5.74) is 1.03. The van der Waals surface area contributed by atoms with Gasteiger partial charge < -0.3 is 15.2 Å². The van der Waals surface area contributed by atoms with Crippen molar-refractivity contribution in [3.63, 3.8) is 0 Å². The van der Waals surface area contributed by atoms with Gasteiger partial charge in [-0.05, 0) is 87.2 Å². The molecule has 1 aromatic rings. The standard InChI is InChI=1S/C24H30FNO4/c1-13(23(28)29)26-22(27)19-8-18(16-3-4-16)21(9-20(19)25)30-12-24-10-14-2-5-17(24)7-15(6-14)11-24/h8-9,13-17H,2-7,10-12H2,1H3,(H,26,27)(H,28,29)/t13-,14?,15?,17?,24?/m0/s1. The third-order valence-corrected chi connectivity index (χ3v) is 8.06. The van der Waals surface area contributed by atoms with E-state index in [1.807, 2.05) is 0 Å². The molecule has 0 saturated heterocycles. The second kappa shape index (κ2) is 7.24. The molecule has 5 nitrogen and oxygen atoms in total. The zero-order valence-electron chi connectivity index (χ0n) is 17.5. The Balaban J connectivity index is 1.36. The second-order valence-electron chi connectivity index (χ2n) is 10.2. The predicted octanol–water partition coefficient (Wildman–Crippen LogP) is 4.50. The summed E-state index contributed by atoms with van der Waals surface area (Å²) in [4.78, 5) is 23.4. The van der Waals surface area contributed by atoms with Crippen molar-refractivity contribution in [1.82, 2.24) is 5.32 Å². The van der Waals surface area contributed by atoms with Crippen molar-refractivity contribution in [2.75, 3.05) is 6.61 Å². The van der Waals surface area contributed by atoms with Crippen LogP contribution >= 0.6 is 0 Å². The molecule has 1 amide bonds. The molecule has 5 atom stereocenters. The summed E-state index contributed by atoms with van der Waals surface area (Å²) < 4.78 is 21.1. The molecule has 4 unspecified atom stereocenters. The first kappa shape index (κ1) is 19.8. The molecular weight excluding hydrogens is 385 g/mol. The van der Waals surface area contributed by atoms with Gasteiger partial charge in [0.2, 0.25) is 0 Å². The fourth-order valence-corrected chi connectivity index (χ4v) is 6.49. The summed E-state index contributed by atoms with van der Waals surface area (Å²) in [7, 11) is 0. The number of ether oxygens (including phenoxy) is 1. The van der Waals surface area contributed by atoms with E-state index in [0.29, 0.717) is 18.3 Å². The van der Waals surface area contributed by atoms with E-state index < -0.39 is 23.7 Å². The number of carbonyl (C=O) groups excluding carboxylic acids is 1. The summed E-state index contributed by atoms with van der Waals surface area (Å²) in [5, 5.41) is 11.4. The Morgan fingerprint density at radius 1 is 1.20 bits per heavy atom. The van der Waals surface area contributed by atoms with Crippen LogP contribution < -0.4 is 10.1 Å². The topological polar surface area (TPSA) is 75.6 Å². The van der Waals surface area contributed by atoms with E-state index in [4.69, 9.17) is 9.84 Å². The Hall–Kier alpha value is -2.11. The molecule has 0 aromatic heterocycles. The van der Waals surface area contributed by atoms with E-state index in [0.717, 1.165) is 36.2 Å². The Morgan fingerprint density at radius 2 is 1.97 bits per heavy atom. The number of halogens is 1. The van der Waals surface area contributed by atoms with Gasteiger partial charge >= 0.3 is 5.97 Å². The van der Waals surface area contributed by atoms with Crippen molar-refractivity contribution in [1.29, 1.82) is 0 Å². The molecule has 0 spiro atoms. The number of amides is 1. The largest absolute Gasteiger partial charge is 0.493 e. The maximum atomic E-state index is 14.8. The number of benzene rings is 1. The molecule has 5 rings (SSSR count). The van der Waals surface area contributed by atoms with Gasteiger partial charge in [-0.15, -0.1) is 0 Å². The lowest BCUT2D eigenvalue weighted by Crippen LogP contribution is -2.40. The third-order valence-electron chi connectivity index (χ3n) is 8.06. The van der Waals surface area contributed by atoms with E-state index in [2.05, 4.69) is 5.32 Å². The van der Waals surface area contributed by atoms with Crippen molar-refractivity contribution in [3.8, 4) is 5.75 Å². The number of carboxylic acid groups (broad SMARTS) is 1. The first-order chi connectivity index (χ1) is 14.3. The fraction of sp³-hybridized carbons (Fsp3) is 0.667. The van der Waals surface area contributed by atoms with Crippen LogP contribution in [0.25, 0.3) is 0 Å². The number of carbonyl (C=O) groups is 2. The van der Waals surface area contributed by atoms with Crippen molar-refractivity contribution in [3.05, 3.63) is 29.1 Å². The molecule has 4 fully saturated rings. The monoisotopic (exact) mass is 415 g/mol. The smallest absolute Gasteiger partial charge is 0.325 e. The van der Waals surface area contributed by atoms with Crippen molar-refractivity contribution >= 4 is 11.9 Å². The zero-order chi connectivity index (χ0) is 21.0. The fourth-order valence-electron chi connectivity index (χ4n) is 6.49. The molecule has 0 radical (unpaired) electrons. The highest BCUT2D eigenvalue weighted by Gasteiger charge is 2.55. The highest BCUT2D eigenvalue weighted by Crippen LogP contribution is 2.62. The molecule has 0 heterocycles. The van der Waals surface area contributed by atoms with Gasteiger partial charge in [0.25, 0.3) is 5.91 Å². The highest BCUT2D eigenvalue weighted by atomic mass is 19.1. The van der Waals surface area contributed by atoms with E-state index in [-0.39, 0.29) is 11.0 Å². The number of rotatable bonds is 7. The van der Waals surface area contributed by atoms with Crippen molar-refractivity contribution < 1.29 is 23.8 Å². The molecule has 2 N–H and O–H groups in total. The van der Waals surface area contributed by atoms with Gasteiger partial charge in [-0.3, -0.25) is 9.59 Å². The van der Waals surface area contributed by atoms with Crippen LogP contribution in [-0.4, -0.2) is 29.6 Å². The lowest BCUT2D eigenvalue weighted by atomic mass is 9.62. The van der Waals surface area contributed by atoms with Gasteiger partial charge in [0.05, 0.1) is 12.2 Å². The number of nitrogens with one attached hydrogen (secondary N) is 1. The normalized spacial score (nSPS) is 32.7. The molecule has 4 saturated carbocycles. The average molecular weight is 416 g/mol. The molecule has 0 aliphatic heterocycles. The third kappa shape index (κ3) is 3.48. The summed E-state index contributed by atoms with van der Waals surface area (Å²) in [6.45, 7) is 2.01. The molecule has 4 aliphatic carbocycles. The molecule has 3 bridgehead atoms. The molecular formula is C24H30FNO4. The molecule has 6 heteroatoms. The van der Waals surface area contributed by atoms with Gasteiger partial charge in [0.1, 0.15) is 17.6 Å².